The lowest BCUT2D eigenvalue weighted by atomic mass is 10.2. The average Bonchev–Trinajstić information content (AvgIpc) is 2.74. The van der Waals surface area contributed by atoms with Gasteiger partial charge >= 0.3 is 0 Å². The lowest BCUT2D eigenvalue weighted by Gasteiger charge is -2.05. The third-order valence-corrected chi connectivity index (χ3v) is 3.60. The highest BCUT2D eigenvalue weighted by molar-refractivity contribution is 6.17. The van der Waals surface area contributed by atoms with Gasteiger partial charge in [0.1, 0.15) is 0 Å². The number of nitrogens with zero attached hydrogens (tertiary/aromatic N) is 2. The van der Waals surface area contributed by atoms with Crippen molar-refractivity contribution in [2.75, 3.05) is 0 Å². The predicted octanol–water partition coefficient (Wildman–Crippen LogP) is 2.52. The molecule has 3 rings (SSSR count). The highest BCUT2D eigenvalue weighted by Gasteiger charge is 2.26. The molecular weight excluding hydrogens is 196 g/mol. The van der Waals surface area contributed by atoms with Gasteiger partial charge in [-0.25, -0.2) is 0 Å². The van der Waals surface area contributed by atoms with Crippen LogP contribution in [0.4, 0.5) is 0 Å². The van der Waals surface area contributed by atoms with E-state index in [1.54, 1.807) is 0 Å². The molecule has 0 radical (unpaired) electrons. The van der Waals surface area contributed by atoms with Crippen LogP contribution in [-0.2, 0) is 25.3 Å². The highest BCUT2D eigenvalue weighted by atomic mass is 35.5. The lowest BCUT2D eigenvalue weighted by molar-refractivity contribution is 0.538. The smallest absolute Gasteiger partial charge is 0.0660 e. The Morgan fingerprint density at radius 1 is 1.36 bits per heavy atom. The van der Waals surface area contributed by atoms with E-state index in [0.717, 1.165) is 18.9 Å². The van der Waals surface area contributed by atoms with Crippen LogP contribution in [0.25, 0.3) is 0 Å². The minimum Gasteiger partial charge on any atom is -0.268 e. The number of alkyl halides is 1. The molecule has 0 atom stereocenters. The molecule has 0 N–H and O–H groups in total. The van der Waals surface area contributed by atoms with Gasteiger partial charge in [0, 0.05) is 6.54 Å². The molecule has 2 aliphatic carbocycles. The molecule has 0 saturated heterocycles. The molecule has 2 aliphatic rings. The number of aryl methyl sites for hydroxylation is 1. The Hall–Kier alpha value is -0.500. The number of rotatable bonds is 3. The SMILES string of the molecule is ClCc1c2c(nn1CC1CC1)CCC2. The average molecular weight is 211 g/mol. The molecule has 1 saturated carbocycles. The van der Waals surface area contributed by atoms with Crippen LogP contribution >= 0.6 is 11.6 Å². The molecule has 0 spiro atoms. The molecular formula is C11H15ClN2. The van der Waals surface area contributed by atoms with Crippen LogP contribution < -0.4 is 0 Å². The second-order valence-electron chi connectivity index (χ2n) is 4.48. The highest BCUT2D eigenvalue weighted by Crippen LogP contribution is 2.33. The second kappa shape index (κ2) is 3.27. The van der Waals surface area contributed by atoms with Gasteiger partial charge < -0.3 is 0 Å². The van der Waals surface area contributed by atoms with Gasteiger partial charge in [-0.15, -0.1) is 11.6 Å². The summed E-state index contributed by atoms with van der Waals surface area (Å²) in [5.41, 5.74) is 4.08. The molecule has 14 heavy (non-hydrogen) atoms. The summed E-state index contributed by atoms with van der Waals surface area (Å²) in [7, 11) is 0. The van der Waals surface area contributed by atoms with Crippen molar-refractivity contribution in [1.82, 2.24) is 9.78 Å². The first kappa shape index (κ1) is 8.78. The summed E-state index contributed by atoms with van der Waals surface area (Å²) < 4.78 is 2.18. The lowest BCUT2D eigenvalue weighted by Crippen LogP contribution is -2.07. The van der Waals surface area contributed by atoms with Gasteiger partial charge in [-0.3, -0.25) is 4.68 Å². The Bertz CT molecular complexity index is 352. The Morgan fingerprint density at radius 2 is 2.21 bits per heavy atom. The first-order valence-electron chi connectivity index (χ1n) is 5.52. The Kier molecular flexibility index (Phi) is 2.05. The van der Waals surface area contributed by atoms with E-state index in [-0.39, 0.29) is 0 Å². The van der Waals surface area contributed by atoms with Crippen LogP contribution in [0.3, 0.4) is 0 Å². The number of aromatic nitrogens is 2. The van der Waals surface area contributed by atoms with Gasteiger partial charge in [-0.05, 0) is 43.6 Å². The van der Waals surface area contributed by atoms with Crippen molar-refractivity contribution in [3.63, 3.8) is 0 Å². The number of halogens is 1. The van der Waals surface area contributed by atoms with E-state index in [2.05, 4.69) is 9.78 Å². The summed E-state index contributed by atoms with van der Waals surface area (Å²) in [6, 6.07) is 0. The molecule has 0 bridgehead atoms. The van der Waals surface area contributed by atoms with Crippen molar-refractivity contribution in [3.05, 3.63) is 17.0 Å². The fourth-order valence-electron chi connectivity index (χ4n) is 2.36. The quantitative estimate of drug-likeness (QED) is 0.702. The third-order valence-electron chi connectivity index (χ3n) is 3.34. The zero-order chi connectivity index (χ0) is 9.54. The van der Waals surface area contributed by atoms with Crippen LogP contribution in [0.15, 0.2) is 0 Å². The minimum atomic E-state index is 0.634. The molecule has 1 aromatic heterocycles. The van der Waals surface area contributed by atoms with Crippen molar-refractivity contribution in [3.8, 4) is 0 Å². The van der Waals surface area contributed by atoms with E-state index >= 15 is 0 Å². The molecule has 0 unspecified atom stereocenters. The Labute approximate surface area is 89.2 Å². The standard InChI is InChI=1S/C11H15ClN2/c12-6-11-9-2-1-3-10(9)13-14(11)7-8-4-5-8/h8H,1-7H2. The first-order chi connectivity index (χ1) is 6.88. The van der Waals surface area contributed by atoms with E-state index in [9.17, 15) is 0 Å². The number of fused-ring (bicyclic) bond motifs is 1. The maximum absolute atomic E-state index is 6.00. The largest absolute Gasteiger partial charge is 0.268 e. The van der Waals surface area contributed by atoms with Crippen LogP contribution in [-0.4, -0.2) is 9.78 Å². The van der Waals surface area contributed by atoms with Gasteiger partial charge in [0.2, 0.25) is 0 Å². The summed E-state index contributed by atoms with van der Waals surface area (Å²) in [5, 5.41) is 4.67. The zero-order valence-corrected chi connectivity index (χ0v) is 9.06. The molecule has 0 aliphatic heterocycles. The van der Waals surface area contributed by atoms with Gasteiger partial charge in [0.25, 0.3) is 0 Å². The zero-order valence-electron chi connectivity index (χ0n) is 8.30. The molecule has 1 heterocycles. The van der Waals surface area contributed by atoms with Crippen LogP contribution in [0.2, 0.25) is 0 Å². The van der Waals surface area contributed by atoms with E-state index in [1.807, 2.05) is 0 Å². The van der Waals surface area contributed by atoms with E-state index in [1.165, 1.54) is 42.6 Å². The topological polar surface area (TPSA) is 17.8 Å². The minimum absolute atomic E-state index is 0.634. The normalized spacial score (nSPS) is 20.1. The third kappa shape index (κ3) is 1.36. The van der Waals surface area contributed by atoms with Gasteiger partial charge in [-0.1, -0.05) is 0 Å². The summed E-state index contributed by atoms with van der Waals surface area (Å²) in [6.45, 7) is 1.11. The van der Waals surface area contributed by atoms with E-state index in [4.69, 9.17) is 11.6 Å². The molecule has 1 fully saturated rings. The van der Waals surface area contributed by atoms with E-state index < -0.39 is 0 Å². The molecule has 2 nitrogen and oxygen atoms in total. The maximum Gasteiger partial charge on any atom is 0.0660 e. The molecule has 0 aromatic carbocycles. The van der Waals surface area contributed by atoms with Crippen LogP contribution in [0, 0.1) is 5.92 Å². The Morgan fingerprint density at radius 3 is 2.93 bits per heavy atom. The van der Waals surface area contributed by atoms with Gasteiger partial charge in [0.05, 0.1) is 17.3 Å². The van der Waals surface area contributed by atoms with Crippen molar-refractivity contribution >= 4 is 11.6 Å². The van der Waals surface area contributed by atoms with Crippen molar-refractivity contribution in [2.45, 2.75) is 44.5 Å². The van der Waals surface area contributed by atoms with Crippen molar-refractivity contribution in [2.24, 2.45) is 5.92 Å². The van der Waals surface area contributed by atoms with Crippen molar-refractivity contribution < 1.29 is 0 Å². The molecule has 0 amide bonds. The van der Waals surface area contributed by atoms with E-state index in [0.29, 0.717) is 5.88 Å². The number of hydrogen-bond acceptors (Lipinski definition) is 1. The van der Waals surface area contributed by atoms with Crippen LogP contribution in [0.1, 0.15) is 36.2 Å². The predicted molar refractivity (Wildman–Crippen MR) is 56.5 cm³/mol. The fraction of sp³-hybridized carbons (Fsp3) is 0.727. The van der Waals surface area contributed by atoms with Crippen LogP contribution in [0.5, 0.6) is 0 Å². The summed E-state index contributed by atoms with van der Waals surface area (Å²) in [4.78, 5) is 0. The summed E-state index contributed by atoms with van der Waals surface area (Å²) in [5.74, 6) is 1.52. The van der Waals surface area contributed by atoms with Gasteiger partial charge in [-0.2, -0.15) is 5.10 Å². The summed E-state index contributed by atoms with van der Waals surface area (Å²) >= 11 is 6.00. The Balaban J connectivity index is 1.93. The molecule has 3 heteroatoms. The maximum atomic E-state index is 6.00. The molecule has 1 aromatic rings. The second-order valence-corrected chi connectivity index (χ2v) is 4.75. The fourth-order valence-corrected chi connectivity index (χ4v) is 2.66. The van der Waals surface area contributed by atoms with Crippen molar-refractivity contribution in [1.29, 1.82) is 0 Å². The number of hydrogen-bond donors (Lipinski definition) is 0. The van der Waals surface area contributed by atoms with Gasteiger partial charge in [0.15, 0.2) is 0 Å². The first-order valence-corrected chi connectivity index (χ1v) is 6.05. The summed E-state index contributed by atoms with van der Waals surface area (Å²) in [6.07, 6.45) is 6.39. The molecule has 76 valence electrons. The monoisotopic (exact) mass is 210 g/mol.